The van der Waals surface area contributed by atoms with Gasteiger partial charge in [0, 0.05) is 29.9 Å². The summed E-state index contributed by atoms with van der Waals surface area (Å²) in [5.74, 6) is -0.570. The first-order chi connectivity index (χ1) is 13.6. The topological polar surface area (TPSA) is 71.1 Å². The molecule has 0 aliphatic carbocycles. The molecule has 0 atom stereocenters. The van der Waals surface area contributed by atoms with Crippen molar-refractivity contribution in [1.82, 2.24) is 15.6 Å². The summed E-state index contributed by atoms with van der Waals surface area (Å²) in [6.45, 7) is 0.869. The highest BCUT2D eigenvalue weighted by Gasteiger charge is 2.11. The number of pyridine rings is 1. The molecule has 3 rings (SSSR count). The van der Waals surface area contributed by atoms with Crippen molar-refractivity contribution in [2.24, 2.45) is 0 Å². The third-order valence-electron chi connectivity index (χ3n) is 4.16. The lowest BCUT2D eigenvalue weighted by molar-refractivity contribution is 0.0946. The van der Waals surface area contributed by atoms with Gasteiger partial charge in [-0.25, -0.2) is 0 Å². The molecule has 6 heteroatoms. The molecule has 0 aliphatic rings. The van der Waals surface area contributed by atoms with Crippen molar-refractivity contribution in [3.63, 3.8) is 0 Å². The molecule has 2 N–H and O–H groups in total. The van der Waals surface area contributed by atoms with Crippen LogP contribution in [-0.2, 0) is 13.0 Å². The summed E-state index contributed by atoms with van der Waals surface area (Å²) in [6.07, 6.45) is 2.20. The van der Waals surface area contributed by atoms with Crippen molar-refractivity contribution in [1.29, 1.82) is 0 Å². The monoisotopic (exact) mass is 393 g/mol. The van der Waals surface area contributed by atoms with Crippen molar-refractivity contribution < 1.29 is 9.59 Å². The van der Waals surface area contributed by atoms with E-state index in [-0.39, 0.29) is 17.5 Å². The van der Waals surface area contributed by atoms with Crippen LogP contribution in [0.4, 0.5) is 0 Å². The van der Waals surface area contributed by atoms with Gasteiger partial charge in [0.15, 0.2) is 0 Å². The average Bonchev–Trinajstić information content (AvgIpc) is 2.74. The first-order valence-corrected chi connectivity index (χ1v) is 9.30. The van der Waals surface area contributed by atoms with Crippen LogP contribution in [0.25, 0.3) is 0 Å². The molecular weight excluding hydrogens is 374 g/mol. The van der Waals surface area contributed by atoms with Gasteiger partial charge in [0.25, 0.3) is 11.8 Å². The van der Waals surface area contributed by atoms with Crippen molar-refractivity contribution >= 4 is 23.4 Å². The molecule has 1 aromatic heterocycles. The second-order valence-corrected chi connectivity index (χ2v) is 6.67. The van der Waals surface area contributed by atoms with Crippen LogP contribution in [0.1, 0.15) is 32.0 Å². The molecule has 28 heavy (non-hydrogen) atoms. The minimum Gasteiger partial charge on any atom is -0.352 e. The van der Waals surface area contributed by atoms with Crippen LogP contribution < -0.4 is 10.6 Å². The van der Waals surface area contributed by atoms with Crippen molar-refractivity contribution in [2.75, 3.05) is 6.54 Å². The number of nitrogens with one attached hydrogen (secondary N) is 2. The number of nitrogens with zero attached hydrogens (tertiary/aromatic N) is 1. The molecule has 1 heterocycles. The highest BCUT2D eigenvalue weighted by Crippen LogP contribution is 2.09. The molecule has 0 fully saturated rings. The van der Waals surface area contributed by atoms with Gasteiger partial charge in [0.1, 0.15) is 5.69 Å². The number of halogens is 1. The van der Waals surface area contributed by atoms with E-state index in [9.17, 15) is 9.59 Å². The summed E-state index contributed by atoms with van der Waals surface area (Å²) < 4.78 is 0. The maximum absolute atomic E-state index is 12.3. The predicted molar refractivity (Wildman–Crippen MR) is 109 cm³/mol. The first-order valence-electron chi connectivity index (χ1n) is 8.92. The molecule has 0 bridgehead atoms. The van der Waals surface area contributed by atoms with E-state index >= 15 is 0 Å². The van der Waals surface area contributed by atoms with E-state index in [2.05, 4.69) is 15.6 Å². The molecule has 0 aliphatic heterocycles. The van der Waals surface area contributed by atoms with E-state index in [1.807, 2.05) is 42.5 Å². The Morgan fingerprint density at radius 2 is 1.61 bits per heavy atom. The summed E-state index contributed by atoms with van der Waals surface area (Å²) in [7, 11) is 0. The highest BCUT2D eigenvalue weighted by atomic mass is 35.5. The van der Waals surface area contributed by atoms with Gasteiger partial charge in [-0.3, -0.25) is 14.6 Å². The molecule has 2 amide bonds. The van der Waals surface area contributed by atoms with E-state index in [1.54, 1.807) is 18.2 Å². The lowest BCUT2D eigenvalue weighted by atomic mass is 10.1. The smallest absolute Gasteiger partial charge is 0.270 e. The Labute approximate surface area is 168 Å². The van der Waals surface area contributed by atoms with Crippen molar-refractivity contribution in [3.05, 3.63) is 100 Å². The lowest BCUT2D eigenvalue weighted by Crippen LogP contribution is -2.27. The first kappa shape index (κ1) is 19.6. The molecule has 2 aromatic carbocycles. The Balaban J connectivity index is 1.54. The Kier molecular flexibility index (Phi) is 6.76. The molecule has 0 saturated heterocycles. The van der Waals surface area contributed by atoms with Gasteiger partial charge in [-0.2, -0.15) is 0 Å². The summed E-state index contributed by atoms with van der Waals surface area (Å²) in [5, 5.41) is 6.30. The predicted octanol–water partition coefficient (Wildman–Crippen LogP) is 3.64. The Morgan fingerprint density at radius 3 is 2.36 bits per heavy atom. The van der Waals surface area contributed by atoms with E-state index in [4.69, 9.17) is 11.6 Å². The normalized spacial score (nSPS) is 10.3. The maximum Gasteiger partial charge on any atom is 0.270 e. The Hall–Kier alpha value is -3.18. The third kappa shape index (κ3) is 5.66. The van der Waals surface area contributed by atoms with E-state index in [0.717, 1.165) is 17.5 Å². The molecular formula is C22H20ClN3O2. The van der Waals surface area contributed by atoms with Crippen LogP contribution in [0.3, 0.4) is 0 Å². The number of amides is 2. The van der Waals surface area contributed by atoms with Crippen molar-refractivity contribution in [2.45, 2.75) is 13.0 Å². The fraction of sp³-hybridized carbons (Fsp3) is 0.136. The summed E-state index contributed by atoms with van der Waals surface area (Å²) in [6, 6.07) is 20.2. The molecule has 0 unspecified atom stereocenters. The van der Waals surface area contributed by atoms with Gasteiger partial charge in [-0.05, 0) is 41.8 Å². The van der Waals surface area contributed by atoms with Crippen LogP contribution in [0.2, 0.25) is 5.02 Å². The zero-order valence-corrected chi connectivity index (χ0v) is 15.9. The van der Waals surface area contributed by atoms with Gasteiger partial charge >= 0.3 is 0 Å². The number of hydrogen-bond donors (Lipinski definition) is 2. The van der Waals surface area contributed by atoms with E-state index in [1.165, 1.54) is 12.3 Å². The van der Waals surface area contributed by atoms with Gasteiger partial charge in [0.2, 0.25) is 0 Å². The molecule has 0 spiro atoms. The number of rotatable bonds is 7. The average molecular weight is 394 g/mol. The second kappa shape index (κ2) is 9.67. The third-order valence-corrected chi connectivity index (χ3v) is 4.42. The van der Waals surface area contributed by atoms with Crippen molar-refractivity contribution in [3.8, 4) is 0 Å². The largest absolute Gasteiger partial charge is 0.352 e. The minimum absolute atomic E-state index is 0.199. The van der Waals surface area contributed by atoms with Gasteiger partial charge in [0.05, 0.1) is 0 Å². The lowest BCUT2D eigenvalue weighted by Gasteiger charge is -2.08. The Bertz CT molecular complexity index is 944. The molecule has 0 saturated carbocycles. The quantitative estimate of drug-likeness (QED) is 0.643. The zero-order valence-electron chi connectivity index (χ0n) is 15.2. The summed E-state index contributed by atoms with van der Waals surface area (Å²) in [5.41, 5.74) is 2.68. The van der Waals surface area contributed by atoms with Gasteiger partial charge in [-0.1, -0.05) is 54.1 Å². The molecule has 142 valence electrons. The van der Waals surface area contributed by atoms with Crippen LogP contribution >= 0.6 is 11.6 Å². The standard InChI is InChI=1S/C22H20ClN3O2/c23-19-8-6-17(7-9-19)15-26-22(28)20-14-18(11-13-24-20)21(27)25-12-10-16-4-2-1-3-5-16/h1-9,11,13-14H,10,12,15H2,(H,25,27)(H,26,28). The van der Waals surface area contributed by atoms with Crippen LogP contribution in [0, 0.1) is 0 Å². The minimum atomic E-state index is -0.339. The fourth-order valence-corrected chi connectivity index (χ4v) is 2.76. The number of carbonyl (C=O) groups excluding carboxylic acids is 2. The SMILES string of the molecule is O=C(NCCc1ccccc1)c1ccnc(C(=O)NCc2ccc(Cl)cc2)c1. The Morgan fingerprint density at radius 1 is 0.857 bits per heavy atom. The van der Waals surface area contributed by atoms with E-state index in [0.29, 0.717) is 23.7 Å². The maximum atomic E-state index is 12.3. The number of hydrogen-bond acceptors (Lipinski definition) is 3. The second-order valence-electron chi connectivity index (χ2n) is 6.23. The van der Waals surface area contributed by atoms with Crippen LogP contribution in [0.5, 0.6) is 0 Å². The fourth-order valence-electron chi connectivity index (χ4n) is 2.64. The van der Waals surface area contributed by atoms with Gasteiger partial charge in [-0.15, -0.1) is 0 Å². The van der Waals surface area contributed by atoms with Crippen LogP contribution in [-0.4, -0.2) is 23.3 Å². The number of aromatic nitrogens is 1. The number of benzene rings is 2. The zero-order chi connectivity index (χ0) is 19.8. The van der Waals surface area contributed by atoms with Crippen LogP contribution in [0.15, 0.2) is 72.9 Å². The summed E-state index contributed by atoms with van der Waals surface area (Å²) in [4.78, 5) is 28.7. The van der Waals surface area contributed by atoms with Gasteiger partial charge < -0.3 is 10.6 Å². The highest BCUT2D eigenvalue weighted by molar-refractivity contribution is 6.30. The molecule has 5 nitrogen and oxygen atoms in total. The number of carbonyl (C=O) groups is 2. The molecule has 3 aromatic rings. The molecule has 0 radical (unpaired) electrons. The summed E-state index contributed by atoms with van der Waals surface area (Å²) >= 11 is 5.85. The van der Waals surface area contributed by atoms with E-state index < -0.39 is 0 Å².